The van der Waals surface area contributed by atoms with Crippen LogP contribution < -0.4 is 21.2 Å². The summed E-state index contributed by atoms with van der Waals surface area (Å²) in [6, 6.07) is 7.10. The van der Waals surface area contributed by atoms with Gasteiger partial charge in [0.25, 0.3) is 17.0 Å². The Labute approximate surface area is 181 Å². The maximum Gasteiger partial charge on any atom is 0.262 e. The molecule has 0 unspecified atom stereocenters. The number of amides is 1. The Morgan fingerprint density at radius 3 is 2.84 bits per heavy atom. The first-order chi connectivity index (χ1) is 14.9. The second-order valence-electron chi connectivity index (χ2n) is 7.24. The number of hydrogen-bond acceptors (Lipinski definition) is 6. The van der Waals surface area contributed by atoms with Gasteiger partial charge in [-0.15, -0.1) is 11.3 Å². The molecule has 0 fully saturated rings. The summed E-state index contributed by atoms with van der Waals surface area (Å²) in [7, 11) is 1.58. The van der Waals surface area contributed by atoms with Crippen molar-refractivity contribution in [3.8, 4) is 5.75 Å². The van der Waals surface area contributed by atoms with Crippen molar-refractivity contribution in [2.24, 2.45) is 0 Å². The van der Waals surface area contributed by atoms with Gasteiger partial charge in [0.05, 0.1) is 23.7 Å². The number of nitrogens with zero attached hydrogens (tertiary/aromatic N) is 2. The van der Waals surface area contributed by atoms with Crippen LogP contribution in [-0.4, -0.2) is 27.6 Å². The molecule has 0 saturated heterocycles. The van der Waals surface area contributed by atoms with Gasteiger partial charge in [-0.25, -0.2) is 4.98 Å². The number of pyridine rings is 1. The fraction of sp³-hybridized carbons (Fsp3) is 0.273. The summed E-state index contributed by atoms with van der Waals surface area (Å²) in [6.45, 7) is 4.37. The minimum Gasteiger partial charge on any atom is -0.497 e. The molecule has 4 rings (SSSR count). The molecule has 0 spiro atoms. The number of fused-ring (bicyclic) bond motifs is 2. The van der Waals surface area contributed by atoms with E-state index >= 15 is 0 Å². The van der Waals surface area contributed by atoms with E-state index in [1.54, 1.807) is 36.8 Å². The van der Waals surface area contributed by atoms with Crippen LogP contribution in [0.3, 0.4) is 0 Å². The van der Waals surface area contributed by atoms with Crippen LogP contribution >= 0.6 is 11.3 Å². The van der Waals surface area contributed by atoms with Gasteiger partial charge in [-0.1, -0.05) is 6.92 Å². The summed E-state index contributed by atoms with van der Waals surface area (Å²) in [5.74, 6) is 0.337. The molecule has 0 aliphatic heterocycles. The molecule has 3 aromatic heterocycles. The lowest BCUT2D eigenvalue weighted by molar-refractivity contribution is 0.0954. The first kappa shape index (κ1) is 20.8. The number of aromatic nitrogens is 3. The number of H-pyrrole nitrogens is 1. The van der Waals surface area contributed by atoms with Crippen LogP contribution in [-0.2, 0) is 13.1 Å². The van der Waals surface area contributed by atoms with Gasteiger partial charge < -0.3 is 15.0 Å². The number of ether oxygens (including phenoxy) is 1. The van der Waals surface area contributed by atoms with Crippen LogP contribution in [0.1, 0.15) is 34.1 Å². The average Bonchev–Trinajstić information content (AvgIpc) is 3.11. The molecule has 1 aromatic carbocycles. The largest absolute Gasteiger partial charge is 0.497 e. The van der Waals surface area contributed by atoms with Crippen molar-refractivity contribution in [2.45, 2.75) is 33.4 Å². The zero-order valence-corrected chi connectivity index (χ0v) is 18.3. The SMILES string of the molecule is CCCn1cnc2sc(C(=O)NCc3cc4cc(OC)ccc4[nH]c3=O)c(C)c2c1=O. The molecule has 0 aliphatic carbocycles. The lowest BCUT2D eigenvalue weighted by atomic mass is 10.1. The van der Waals surface area contributed by atoms with E-state index in [0.717, 1.165) is 11.8 Å². The Morgan fingerprint density at radius 2 is 2.10 bits per heavy atom. The van der Waals surface area contributed by atoms with Gasteiger partial charge in [-0.05, 0) is 43.2 Å². The second-order valence-corrected chi connectivity index (χ2v) is 8.24. The van der Waals surface area contributed by atoms with Gasteiger partial charge in [0.1, 0.15) is 10.6 Å². The van der Waals surface area contributed by atoms with Crippen LogP contribution in [0, 0.1) is 6.92 Å². The minimum absolute atomic E-state index is 0.0580. The van der Waals surface area contributed by atoms with Crippen LogP contribution in [0.15, 0.2) is 40.2 Å². The summed E-state index contributed by atoms with van der Waals surface area (Å²) in [5, 5.41) is 4.08. The third-order valence-corrected chi connectivity index (χ3v) is 6.35. The molecule has 0 radical (unpaired) electrons. The molecule has 160 valence electrons. The van der Waals surface area contributed by atoms with Crippen molar-refractivity contribution in [1.29, 1.82) is 0 Å². The molecule has 9 heteroatoms. The van der Waals surface area contributed by atoms with Gasteiger partial charge in [0, 0.05) is 29.6 Å². The molecule has 31 heavy (non-hydrogen) atoms. The summed E-state index contributed by atoms with van der Waals surface area (Å²) >= 11 is 1.18. The summed E-state index contributed by atoms with van der Waals surface area (Å²) in [5.41, 5.74) is 1.32. The molecule has 0 saturated carbocycles. The molecule has 3 heterocycles. The predicted octanol–water partition coefficient (Wildman–Crippen LogP) is 2.96. The van der Waals surface area contributed by atoms with Crippen molar-refractivity contribution in [3.63, 3.8) is 0 Å². The summed E-state index contributed by atoms with van der Waals surface area (Å²) in [6.07, 6.45) is 2.34. The highest BCUT2D eigenvalue weighted by Crippen LogP contribution is 2.27. The Hall–Kier alpha value is -3.46. The number of carbonyl (C=O) groups excluding carboxylic acids is 1. The highest BCUT2D eigenvalue weighted by molar-refractivity contribution is 7.20. The normalized spacial score (nSPS) is 11.2. The van der Waals surface area contributed by atoms with E-state index in [1.165, 1.54) is 17.7 Å². The third kappa shape index (κ3) is 3.84. The van der Waals surface area contributed by atoms with Crippen molar-refractivity contribution in [1.82, 2.24) is 19.9 Å². The molecule has 2 N–H and O–H groups in total. The topological polar surface area (TPSA) is 106 Å². The highest BCUT2D eigenvalue weighted by Gasteiger charge is 2.19. The van der Waals surface area contributed by atoms with Crippen LogP contribution in [0.5, 0.6) is 5.75 Å². The van der Waals surface area contributed by atoms with Gasteiger partial charge in [-0.2, -0.15) is 0 Å². The first-order valence-corrected chi connectivity index (χ1v) is 10.7. The standard InChI is InChI=1S/C22H22N4O4S/c1-4-7-26-11-24-21-17(22(26)29)12(2)18(31-21)20(28)23-10-14-8-13-9-15(30-3)5-6-16(13)25-19(14)27/h5-6,8-9,11H,4,7,10H2,1-3H3,(H,23,28)(H,25,27). The summed E-state index contributed by atoms with van der Waals surface area (Å²) in [4.78, 5) is 46.1. The number of methoxy groups -OCH3 is 1. The monoisotopic (exact) mass is 438 g/mol. The highest BCUT2D eigenvalue weighted by atomic mass is 32.1. The Bertz CT molecular complexity index is 1420. The van der Waals surface area contributed by atoms with Gasteiger partial charge in [0.15, 0.2) is 0 Å². The van der Waals surface area contributed by atoms with E-state index in [0.29, 0.717) is 44.0 Å². The lowest BCUT2D eigenvalue weighted by Gasteiger charge is -2.07. The zero-order valence-electron chi connectivity index (χ0n) is 17.4. The number of thiophene rings is 1. The van der Waals surface area contributed by atoms with Crippen LogP contribution in [0.25, 0.3) is 21.1 Å². The maximum absolute atomic E-state index is 12.8. The number of rotatable bonds is 6. The minimum atomic E-state index is -0.341. The van der Waals surface area contributed by atoms with Gasteiger partial charge in [0.2, 0.25) is 0 Å². The number of aromatic amines is 1. The molecule has 4 aromatic rings. The van der Waals surface area contributed by atoms with Crippen LogP contribution in [0.4, 0.5) is 0 Å². The lowest BCUT2D eigenvalue weighted by Crippen LogP contribution is -2.26. The molecule has 0 atom stereocenters. The molecule has 0 bridgehead atoms. The van der Waals surface area contributed by atoms with E-state index in [4.69, 9.17) is 4.74 Å². The predicted molar refractivity (Wildman–Crippen MR) is 121 cm³/mol. The zero-order chi connectivity index (χ0) is 22.1. The van der Waals surface area contributed by atoms with Crippen molar-refractivity contribution < 1.29 is 9.53 Å². The number of hydrogen-bond donors (Lipinski definition) is 2. The fourth-order valence-corrected chi connectivity index (χ4v) is 4.58. The van der Waals surface area contributed by atoms with Crippen molar-refractivity contribution in [2.75, 3.05) is 7.11 Å². The molecule has 8 nitrogen and oxygen atoms in total. The van der Waals surface area contributed by atoms with Crippen molar-refractivity contribution >= 4 is 38.4 Å². The number of aryl methyl sites for hydroxylation is 2. The van der Waals surface area contributed by atoms with Crippen molar-refractivity contribution in [3.05, 3.63) is 67.3 Å². The smallest absolute Gasteiger partial charge is 0.262 e. The van der Waals surface area contributed by atoms with E-state index in [1.807, 2.05) is 13.0 Å². The molecule has 0 aliphatic rings. The Morgan fingerprint density at radius 1 is 1.29 bits per heavy atom. The van der Waals surface area contributed by atoms with E-state index in [2.05, 4.69) is 15.3 Å². The molecule has 1 amide bonds. The Kier molecular flexibility index (Phi) is 5.60. The van der Waals surface area contributed by atoms with Gasteiger partial charge >= 0.3 is 0 Å². The van der Waals surface area contributed by atoms with Gasteiger partial charge in [-0.3, -0.25) is 19.0 Å². The average molecular weight is 439 g/mol. The molecular weight excluding hydrogens is 416 g/mol. The maximum atomic E-state index is 12.8. The Balaban J connectivity index is 1.62. The van der Waals surface area contributed by atoms with Crippen LogP contribution in [0.2, 0.25) is 0 Å². The van der Waals surface area contributed by atoms with E-state index in [9.17, 15) is 14.4 Å². The second kappa shape index (κ2) is 8.35. The summed E-state index contributed by atoms with van der Waals surface area (Å²) < 4.78 is 6.79. The number of benzene rings is 1. The third-order valence-electron chi connectivity index (χ3n) is 5.16. The molecular formula is C22H22N4O4S. The number of nitrogens with one attached hydrogen (secondary N) is 2. The quantitative estimate of drug-likeness (QED) is 0.481. The van der Waals surface area contributed by atoms with E-state index in [-0.39, 0.29) is 23.6 Å². The first-order valence-electron chi connectivity index (χ1n) is 9.89. The number of carbonyl (C=O) groups is 1. The van der Waals surface area contributed by atoms with E-state index < -0.39 is 0 Å². The fourth-order valence-electron chi connectivity index (χ4n) is 3.52.